The zero-order chi connectivity index (χ0) is 10.7. The third kappa shape index (κ3) is 2.93. The molecule has 14 heavy (non-hydrogen) atoms. The molecular weight excluding hydrogens is 220 g/mol. The van der Waals surface area contributed by atoms with Gasteiger partial charge in [-0.15, -0.1) is 11.8 Å². The average Bonchev–Trinajstić information content (AvgIpc) is 2.07. The van der Waals surface area contributed by atoms with E-state index in [0.29, 0.717) is 10.3 Å². The smallest absolute Gasteiger partial charge is 0.335 e. The van der Waals surface area contributed by atoms with Crippen molar-refractivity contribution in [1.29, 1.82) is 0 Å². The van der Waals surface area contributed by atoms with Gasteiger partial charge in [0.05, 0.1) is 10.6 Å². The second-order valence-corrected chi connectivity index (χ2v) is 5.14. The Kier molecular flexibility index (Phi) is 3.84. The van der Waals surface area contributed by atoms with Crippen molar-refractivity contribution in [2.45, 2.75) is 24.0 Å². The van der Waals surface area contributed by atoms with Crippen LogP contribution in [0.5, 0.6) is 0 Å². The maximum atomic E-state index is 10.6. The molecule has 0 saturated heterocycles. The standard InChI is InChI=1S/C10H11ClO2S/c1-6(2)14-9-4-3-7(10(12)13)5-8(9)11/h3-6H,1-2H3,(H,12,13). The van der Waals surface area contributed by atoms with Gasteiger partial charge in [-0.25, -0.2) is 4.79 Å². The molecule has 0 aliphatic carbocycles. The summed E-state index contributed by atoms with van der Waals surface area (Å²) >= 11 is 7.55. The molecule has 0 radical (unpaired) electrons. The minimum Gasteiger partial charge on any atom is -0.478 e. The number of halogens is 1. The molecule has 0 spiro atoms. The molecule has 0 bridgehead atoms. The van der Waals surface area contributed by atoms with E-state index in [1.54, 1.807) is 23.9 Å². The topological polar surface area (TPSA) is 37.3 Å². The monoisotopic (exact) mass is 230 g/mol. The molecule has 1 rings (SSSR count). The molecule has 1 aromatic rings. The summed E-state index contributed by atoms with van der Waals surface area (Å²) in [7, 11) is 0. The minimum absolute atomic E-state index is 0.225. The summed E-state index contributed by atoms with van der Waals surface area (Å²) in [5, 5.41) is 9.65. The highest BCUT2D eigenvalue weighted by Gasteiger charge is 2.08. The van der Waals surface area contributed by atoms with Gasteiger partial charge in [0.15, 0.2) is 0 Å². The second-order valence-electron chi connectivity index (χ2n) is 3.12. The molecule has 0 unspecified atom stereocenters. The van der Waals surface area contributed by atoms with Gasteiger partial charge in [0.25, 0.3) is 0 Å². The minimum atomic E-state index is -0.951. The Morgan fingerprint density at radius 3 is 2.57 bits per heavy atom. The molecule has 76 valence electrons. The molecule has 0 saturated carbocycles. The molecule has 0 atom stereocenters. The van der Waals surface area contributed by atoms with Gasteiger partial charge in [-0.2, -0.15) is 0 Å². The molecule has 1 N–H and O–H groups in total. The maximum Gasteiger partial charge on any atom is 0.335 e. The van der Waals surface area contributed by atoms with Crippen LogP contribution < -0.4 is 0 Å². The highest BCUT2D eigenvalue weighted by Crippen LogP contribution is 2.30. The Bertz CT molecular complexity index is 350. The van der Waals surface area contributed by atoms with Crippen LogP contribution in [0.4, 0.5) is 0 Å². The summed E-state index contributed by atoms with van der Waals surface area (Å²) in [6, 6.07) is 4.80. The number of carboxylic acids is 1. The summed E-state index contributed by atoms with van der Waals surface area (Å²) in [6.07, 6.45) is 0. The van der Waals surface area contributed by atoms with Crippen molar-refractivity contribution in [2.24, 2.45) is 0 Å². The zero-order valence-electron chi connectivity index (χ0n) is 7.95. The Morgan fingerprint density at radius 2 is 2.14 bits per heavy atom. The van der Waals surface area contributed by atoms with Crippen molar-refractivity contribution in [3.63, 3.8) is 0 Å². The van der Waals surface area contributed by atoms with Crippen molar-refractivity contribution < 1.29 is 9.90 Å². The number of benzene rings is 1. The van der Waals surface area contributed by atoms with Gasteiger partial charge in [0, 0.05) is 10.1 Å². The normalized spacial score (nSPS) is 10.6. The van der Waals surface area contributed by atoms with Gasteiger partial charge in [-0.05, 0) is 18.2 Å². The molecule has 1 aromatic carbocycles. The van der Waals surface area contributed by atoms with Gasteiger partial charge < -0.3 is 5.11 Å². The highest BCUT2D eigenvalue weighted by atomic mass is 35.5. The lowest BCUT2D eigenvalue weighted by Gasteiger charge is -2.07. The third-order valence-corrected chi connectivity index (χ3v) is 3.05. The summed E-state index contributed by atoms with van der Waals surface area (Å²) < 4.78 is 0. The Balaban J connectivity index is 2.95. The van der Waals surface area contributed by atoms with E-state index in [1.807, 2.05) is 0 Å². The van der Waals surface area contributed by atoms with Crippen LogP contribution in [0.25, 0.3) is 0 Å². The van der Waals surface area contributed by atoms with Crippen LogP contribution in [0, 0.1) is 0 Å². The summed E-state index contributed by atoms with van der Waals surface area (Å²) in [5.74, 6) is -0.951. The highest BCUT2D eigenvalue weighted by molar-refractivity contribution is 8.00. The van der Waals surface area contributed by atoms with E-state index < -0.39 is 5.97 Å². The third-order valence-electron chi connectivity index (χ3n) is 1.54. The fraction of sp³-hybridized carbons (Fsp3) is 0.300. The quantitative estimate of drug-likeness (QED) is 0.807. The lowest BCUT2D eigenvalue weighted by atomic mass is 10.2. The number of aromatic carboxylic acids is 1. The fourth-order valence-electron chi connectivity index (χ4n) is 0.983. The van der Waals surface area contributed by atoms with Crippen molar-refractivity contribution in [2.75, 3.05) is 0 Å². The predicted octanol–water partition coefficient (Wildman–Crippen LogP) is 3.54. The van der Waals surface area contributed by atoms with Crippen molar-refractivity contribution in [3.05, 3.63) is 28.8 Å². The van der Waals surface area contributed by atoms with Gasteiger partial charge in [-0.1, -0.05) is 25.4 Å². The molecular formula is C10H11ClO2S. The van der Waals surface area contributed by atoms with Gasteiger partial charge in [0.2, 0.25) is 0 Å². The molecule has 0 aliphatic rings. The van der Waals surface area contributed by atoms with Crippen LogP contribution in [0.2, 0.25) is 5.02 Å². The molecule has 2 nitrogen and oxygen atoms in total. The second kappa shape index (κ2) is 4.71. The van der Waals surface area contributed by atoms with Crippen molar-refractivity contribution in [3.8, 4) is 0 Å². The lowest BCUT2D eigenvalue weighted by molar-refractivity contribution is 0.0697. The molecule has 0 amide bonds. The van der Waals surface area contributed by atoms with Crippen LogP contribution in [0.15, 0.2) is 23.1 Å². The molecule has 0 aliphatic heterocycles. The summed E-state index contributed by atoms with van der Waals surface area (Å²) in [4.78, 5) is 11.5. The van der Waals surface area contributed by atoms with E-state index in [9.17, 15) is 4.79 Å². The van der Waals surface area contributed by atoms with Crippen molar-refractivity contribution in [1.82, 2.24) is 0 Å². The number of carbonyl (C=O) groups is 1. The van der Waals surface area contributed by atoms with Crippen LogP contribution >= 0.6 is 23.4 Å². The van der Waals surface area contributed by atoms with Crippen LogP contribution in [-0.4, -0.2) is 16.3 Å². The lowest BCUT2D eigenvalue weighted by Crippen LogP contribution is -1.96. The van der Waals surface area contributed by atoms with E-state index in [-0.39, 0.29) is 5.56 Å². The zero-order valence-corrected chi connectivity index (χ0v) is 9.52. The van der Waals surface area contributed by atoms with E-state index >= 15 is 0 Å². The first-order chi connectivity index (χ1) is 6.50. The number of rotatable bonds is 3. The predicted molar refractivity (Wildman–Crippen MR) is 59.4 cm³/mol. The van der Waals surface area contributed by atoms with E-state index in [1.165, 1.54) is 6.07 Å². The largest absolute Gasteiger partial charge is 0.478 e. The fourth-order valence-corrected chi connectivity index (χ4v) is 2.12. The first-order valence-corrected chi connectivity index (χ1v) is 5.46. The van der Waals surface area contributed by atoms with Gasteiger partial charge in [0.1, 0.15) is 0 Å². The van der Waals surface area contributed by atoms with Crippen LogP contribution in [-0.2, 0) is 0 Å². The molecule has 0 aromatic heterocycles. The SMILES string of the molecule is CC(C)Sc1ccc(C(=O)O)cc1Cl. The molecule has 4 heteroatoms. The number of hydrogen-bond acceptors (Lipinski definition) is 2. The van der Waals surface area contributed by atoms with Gasteiger partial charge >= 0.3 is 5.97 Å². The van der Waals surface area contributed by atoms with E-state index in [2.05, 4.69) is 13.8 Å². The summed E-state index contributed by atoms with van der Waals surface area (Å²) in [6.45, 7) is 4.12. The number of carboxylic acid groups (broad SMARTS) is 1. The van der Waals surface area contributed by atoms with E-state index in [4.69, 9.17) is 16.7 Å². The van der Waals surface area contributed by atoms with Gasteiger partial charge in [-0.3, -0.25) is 0 Å². The first-order valence-electron chi connectivity index (χ1n) is 4.20. The Labute approximate surface area is 92.3 Å². The Hall–Kier alpha value is -0.670. The summed E-state index contributed by atoms with van der Waals surface area (Å²) in [5.41, 5.74) is 0.225. The molecule has 0 fully saturated rings. The van der Waals surface area contributed by atoms with E-state index in [0.717, 1.165) is 4.90 Å². The Morgan fingerprint density at radius 1 is 1.50 bits per heavy atom. The first kappa shape index (κ1) is 11.4. The maximum absolute atomic E-state index is 10.6. The van der Waals surface area contributed by atoms with Crippen LogP contribution in [0.3, 0.4) is 0 Å². The van der Waals surface area contributed by atoms with Crippen LogP contribution in [0.1, 0.15) is 24.2 Å². The number of hydrogen-bond donors (Lipinski definition) is 1. The average molecular weight is 231 g/mol. The number of thioether (sulfide) groups is 1. The molecule has 0 heterocycles. The van der Waals surface area contributed by atoms with Crippen molar-refractivity contribution >= 4 is 29.3 Å².